The second-order valence-corrected chi connectivity index (χ2v) is 4.06. The average Bonchev–Trinajstić information content (AvgIpc) is 2.41. The highest BCUT2D eigenvalue weighted by Gasteiger charge is 2.15. The first-order chi connectivity index (χ1) is 9.08. The van der Waals surface area contributed by atoms with Gasteiger partial charge in [-0.25, -0.2) is 9.59 Å². The molecule has 0 saturated carbocycles. The van der Waals surface area contributed by atoms with Gasteiger partial charge in [-0.2, -0.15) is 0 Å². The molecule has 0 unspecified atom stereocenters. The van der Waals surface area contributed by atoms with Crippen molar-refractivity contribution < 1.29 is 19.4 Å². The van der Waals surface area contributed by atoms with Gasteiger partial charge in [0.25, 0.3) is 0 Å². The number of carbonyl (C=O) groups is 2. The monoisotopic (exact) mass is 256 g/mol. The Morgan fingerprint density at radius 3 is 2.37 bits per heavy atom. The van der Waals surface area contributed by atoms with Gasteiger partial charge in [-0.3, -0.25) is 0 Å². The number of carbonyl (C=O) groups excluding carboxylic acids is 1. The summed E-state index contributed by atoms with van der Waals surface area (Å²) in [4.78, 5) is 23.0. The van der Waals surface area contributed by atoms with Gasteiger partial charge in [0, 0.05) is 0 Å². The molecule has 0 amide bonds. The molecule has 2 rings (SSSR count). The molecule has 0 spiro atoms. The number of ether oxygens (including phenoxy) is 1. The first-order valence-corrected chi connectivity index (χ1v) is 5.69. The van der Waals surface area contributed by atoms with Crippen molar-refractivity contribution in [3.05, 3.63) is 65.2 Å². The minimum Gasteiger partial charge on any atom is -0.478 e. The van der Waals surface area contributed by atoms with Crippen molar-refractivity contribution in [2.45, 2.75) is 6.92 Å². The number of esters is 1. The number of benzene rings is 2. The van der Waals surface area contributed by atoms with Crippen molar-refractivity contribution in [3.8, 4) is 5.75 Å². The molecular weight excluding hydrogens is 244 g/mol. The van der Waals surface area contributed by atoms with E-state index in [1.807, 2.05) is 0 Å². The molecule has 19 heavy (non-hydrogen) atoms. The molecule has 0 radical (unpaired) electrons. The van der Waals surface area contributed by atoms with Gasteiger partial charge < -0.3 is 9.84 Å². The quantitative estimate of drug-likeness (QED) is 0.677. The molecule has 0 atom stereocenters. The molecule has 0 aliphatic carbocycles. The third-order valence-electron chi connectivity index (χ3n) is 2.58. The highest BCUT2D eigenvalue weighted by atomic mass is 16.5. The summed E-state index contributed by atoms with van der Waals surface area (Å²) in [7, 11) is 0. The van der Waals surface area contributed by atoms with E-state index in [0.717, 1.165) is 5.56 Å². The van der Waals surface area contributed by atoms with E-state index in [-0.39, 0.29) is 11.3 Å². The summed E-state index contributed by atoms with van der Waals surface area (Å²) in [6.07, 6.45) is 0. The van der Waals surface area contributed by atoms with Crippen LogP contribution >= 0.6 is 0 Å². The molecule has 0 bridgehead atoms. The van der Waals surface area contributed by atoms with E-state index in [1.165, 1.54) is 12.1 Å². The van der Waals surface area contributed by atoms with Gasteiger partial charge in [-0.05, 0) is 31.2 Å². The number of carboxylic acid groups (broad SMARTS) is 1. The molecule has 1 N–H and O–H groups in total. The lowest BCUT2D eigenvalue weighted by Crippen LogP contribution is -2.11. The van der Waals surface area contributed by atoms with Crippen LogP contribution in [0.25, 0.3) is 0 Å². The maximum atomic E-state index is 11.9. The Bertz CT molecular complexity index is 617. The Hall–Kier alpha value is -2.62. The van der Waals surface area contributed by atoms with Crippen LogP contribution in [0.1, 0.15) is 26.3 Å². The molecule has 2 aromatic carbocycles. The van der Waals surface area contributed by atoms with E-state index >= 15 is 0 Å². The molecule has 0 heterocycles. The Morgan fingerprint density at radius 1 is 1.05 bits per heavy atom. The van der Waals surface area contributed by atoms with E-state index in [2.05, 4.69) is 0 Å². The third-order valence-corrected chi connectivity index (χ3v) is 2.58. The van der Waals surface area contributed by atoms with Crippen molar-refractivity contribution >= 4 is 11.9 Å². The summed E-state index contributed by atoms with van der Waals surface area (Å²) in [5.41, 5.74) is 1.14. The average molecular weight is 256 g/mol. The molecule has 96 valence electrons. The van der Waals surface area contributed by atoms with Gasteiger partial charge in [0.05, 0.1) is 5.56 Å². The number of hydrogen-bond donors (Lipinski definition) is 1. The Labute approximate surface area is 110 Å². The maximum absolute atomic E-state index is 11.9. The standard InChI is InChI=1S/C15H12O4/c1-10-7-8-13(12(9-10)14(16)17)19-15(18)11-5-3-2-4-6-11/h2-9H,1H3,(H,16,17). The van der Waals surface area contributed by atoms with Gasteiger partial charge in [0.2, 0.25) is 0 Å². The lowest BCUT2D eigenvalue weighted by Gasteiger charge is -2.08. The van der Waals surface area contributed by atoms with Crippen LogP contribution < -0.4 is 4.74 Å². The SMILES string of the molecule is Cc1ccc(OC(=O)c2ccccc2)c(C(=O)O)c1. The van der Waals surface area contributed by atoms with Gasteiger partial charge in [0.1, 0.15) is 11.3 Å². The lowest BCUT2D eigenvalue weighted by atomic mass is 10.1. The van der Waals surface area contributed by atoms with E-state index in [0.29, 0.717) is 5.56 Å². The Morgan fingerprint density at radius 2 is 1.74 bits per heavy atom. The van der Waals surface area contributed by atoms with Gasteiger partial charge in [-0.1, -0.05) is 29.8 Å². The molecule has 4 heteroatoms. The van der Waals surface area contributed by atoms with E-state index < -0.39 is 11.9 Å². The van der Waals surface area contributed by atoms with Gasteiger partial charge >= 0.3 is 11.9 Å². The molecule has 0 aliphatic rings. The zero-order valence-electron chi connectivity index (χ0n) is 10.3. The number of carboxylic acids is 1. The number of hydrogen-bond acceptors (Lipinski definition) is 3. The highest BCUT2D eigenvalue weighted by molar-refractivity contribution is 5.95. The summed E-state index contributed by atoms with van der Waals surface area (Å²) in [5.74, 6) is -1.65. The molecule has 0 fully saturated rings. The number of aryl methyl sites for hydroxylation is 1. The van der Waals surface area contributed by atoms with Gasteiger partial charge in [0.15, 0.2) is 0 Å². The van der Waals surface area contributed by atoms with Crippen LogP contribution in [0.5, 0.6) is 5.75 Å². The minimum atomic E-state index is -1.13. The molecule has 0 saturated heterocycles. The minimum absolute atomic E-state index is 0.0238. The van der Waals surface area contributed by atoms with Crippen molar-refractivity contribution in [2.75, 3.05) is 0 Å². The van der Waals surface area contributed by atoms with E-state index in [4.69, 9.17) is 9.84 Å². The van der Waals surface area contributed by atoms with Crippen LogP contribution in [0.4, 0.5) is 0 Å². The zero-order chi connectivity index (χ0) is 13.8. The summed E-state index contributed by atoms with van der Waals surface area (Å²) < 4.78 is 5.13. The van der Waals surface area contributed by atoms with Crippen molar-refractivity contribution in [2.24, 2.45) is 0 Å². The molecule has 0 aromatic heterocycles. The Balaban J connectivity index is 2.29. The second-order valence-electron chi connectivity index (χ2n) is 4.06. The fourth-order valence-corrected chi connectivity index (χ4v) is 1.63. The first-order valence-electron chi connectivity index (χ1n) is 5.69. The Kier molecular flexibility index (Phi) is 3.61. The summed E-state index contributed by atoms with van der Waals surface area (Å²) in [5, 5.41) is 9.08. The van der Waals surface area contributed by atoms with Crippen molar-refractivity contribution in [3.63, 3.8) is 0 Å². The zero-order valence-corrected chi connectivity index (χ0v) is 10.3. The molecule has 0 aliphatic heterocycles. The fourth-order valence-electron chi connectivity index (χ4n) is 1.63. The third kappa shape index (κ3) is 2.98. The van der Waals surface area contributed by atoms with Crippen molar-refractivity contribution in [1.82, 2.24) is 0 Å². The lowest BCUT2D eigenvalue weighted by molar-refractivity contribution is 0.0681. The molecule has 2 aromatic rings. The number of aromatic carboxylic acids is 1. The predicted molar refractivity (Wildman–Crippen MR) is 69.5 cm³/mol. The van der Waals surface area contributed by atoms with Crippen molar-refractivity contribution in [1.29, 1.82) is 0 Å². The van der Waals surface area contributed by atoms with Crippen LogP contribution in [0.3, 0.4) is 0 Å². The van der Waals surface area contributed by atoms with Gasteiger partial charge in [-0.15, -0.1) is 0 Å². The van der Waals surface area contributed by atoms with E-state index in [9.17, 15) is 9.59 Å². The van der Waals surface area contributed by atoms with Crippen LogP contribution in [0.2, 0.25) is 0 Å². The predicted octanol–water partition coefficient (Wildman–Crippen LogP) is 2.91. The maximum Gasteiger partial charge on any atom is 0.343 e. The van der Waals surface area contributed by atoms with Crippen LogP contribution in [-0.2, 0) is 0 Å². The second kappa shape index (κ2) is 5.35. The summed E-state index contributed by atoms with van der Waals surface area (Å²) in [6, 6.07) is 13.1. The first kappa shape index (κ1) is 12.8. The molecule has 4 nitrogen and oxygen atoms in total. The van der Waals surface area contributed by atoms with Crippen LogP contribution in [-0.4, -0.2) is 17.0 Å². The fraction of sp³-hybridized carbons (Fsp3) is 0.0667. The smallest absolute Gasteiger partial charge is 0.343 e. The topological polar surface area (TPSA) is 63.6 Å². The molecular formula is C15H12O4. The number of rotatable bonds is 3. The summed E-state index contributed by atoms with van der Waals surface area (Å²) in [6.45, 7) is 1.77. The van der Waals surface area contributed by atoms with Crippen LogP contribution in [0.15, 0.2) is 48.5 Å². The largest absolute Gasteiger partial charge is 0.478 e. The van der Waals surface area contributed by atoms with E-state index in [1.54, 1.807) is 43.3 Å². The normalized spacial score (nSPS) is 9.95. The highest BCUT2D eigenvalue weighted by Crippen LogP contribution is 2.21. The van der Waals surface area contributed by atoms with Crippen LogP contribution in [0, 0.1) is 6.92 Å². The summed E-state index contributed by atoms with van der Waals surface area (Å²) >= 11 is 0.